The molecule has 1 saturated heterocycles. The van der Waals surface area contributed by atoms with Crippen molar-refractivity contribution < 1.29 is 18.0 Å². The van der Waals surface area contributed by atoms with E-state index in [1.54, 1.807) is 4.68 Å². The zero-order chi connectivity index (χ0) is 25.1. The van der Waals surface area contributed by atoms with Crippen molar-refractivity contribution in [2.24, 2.45) is 0 Å². The topological polar surface area (TPSA) is 62.2 Å². The molecule has 2 atom stereocenters. The third-order valence-corrected chi connectivity index (χ3v) is 7.01. The number of urea groups is 1. The number of likely N-dealkylation sites (tertiary alicyclic amines) is 1. The van der Waals surface area contributed by atoms with Crippen molar-refractivity contribution in [1.82, 2.24) is 20.0 Å². The first kappa shape index (κ1) is 24.4. The van der Waals surface area contributed by atoms with Gasteiger partial charge in [0.05, 0.1) is 17.4 Å². The van der Waals surface area contributed by atoms with E-state index in [1.165, 1.54) is 0 Å². The first-order valence-electron chi connectivity index (χ1n) is 12.4. The van der Waals surface area contributed by atoms with E-state index >= 15 is 0 Å². The predicted octanol–water partition coefficient (Wildman–Crippen LogP) is 5.29. The molecular weight excluding hydrogens is 467 g/mol. The summed E-state index contributed by atoms with van der Waals surface area (Å²) in [6.07, 6.45) is -2.15. The van der Waals surface area contributed by atoms with Crippen LogP contribution in [0, 0.1) is 0 Å². The number of hydrogen-bond donors (Lipinski definition) is 2. The van der Waals surface area contributed by atoms with Crippen LogP contribution in [0.5, 0.6) is 0 Å². The first-order chi connectivity index (χ1) is 17.4. The number of halogens is 3. The minimum atomic E-state index is -4.15. The zero-order valence-corrected chi connectivity index (χ0v) is 20.0. The Bertz CT molecular complexity index is 1180. The van der Waals surface area contributed by atoms with Crippen LogP contribution < -0.4 is 10.6 Å². The van der Waals surface area contributed by atoms with Crippen molar-refractivity contribution in [3.05, 3.63) is 77.5 Å². The summed E-state index contributed by atoms with van der Waals surface area (Å²) in [5.74, 6) is 0.676. The number of rotatable bonds is 7. The largest absolute Gasteiger partial charge is 0.389 e. The number of alkyl halides is 3. The van der Waals surface area contributed by atoms with Gasteiger partial charge >= 0.3 is 12.2 Å². The minimum absolute atomic E-state index is 0.00687. The van der Waals surface area contributed by atoms with Crippen molar-refractivity contribution in [2.45, 2.75) is 50.2 Å². The molecule has 3 aromatic rings. The summed E-state index contributed by atoms with van der Waals surface area (Å²) < 4.78 is 39.8. The van der Waals surface area contributed by atoms with E-state index in [2.05, 4.69) is 10.6 Å². The molecule has 6 nitrogen and oxygen atoms in total. The Labute approximate surface area is 208 Å². The number of aryl methyl sites for hydroxylation is 1. The fourth-order valence-corrected chi connectivity index (χ4v) is 5.34. The van der Waals surface area contributed by atoms with Gasteiger partial charge in [-0.1, -0.05) is 48.5 Å². The van der Waals surface area contributed by atoms with E-state index in [1.807, 2.05) is 65.6 Å². The Morgan fingerprint density at radius 3 is 2.44 bits per heavy atom. The van der Waals surface area contributed by atoms with E-state index in [4.69, 9.17) is 5.10 Å². The van der Waals surface area contributed by atoms with Gasteiger partial charge in [0, 0.05) is 31.0 Å². The molecule has 0 spiro atoms. The molecule has 1 aromatic heterocycles. The van der Waals surface area contributed by atoms with Gasteiger partial charge in [-0.05, 0) is 49.9 Å². The van der Waals surface area contributed by atoms with Gasteiger partial charge in [-0.25, -0.2) is 9.48 Å². The maximum absolute atomic E-state index is 13.2. The molecule has 5 rings (SSSR count). The van der Waals surface area contributed by atoms with Crippen LogP contribution in [0.4, 0.5) is 23.8 Å². The fourth-order valence-electron chi connectivity index (χ4n) is 5.34. The van der Waals surface area contributed by atoms with Gasteiger partial charge in [0.1, 0.15) is 5.82 Å². The number of amides is 2. The van der Waals surface area contributed by atoms with Gasteiger partial charge in [-0.3, -0.25) is 5.32 Å². The lowest BCUT2D eigenvalue weighted by atomic mass is 9.94. The fraction of sp³-hybridized carbons (Fsp3) is 0.407. The van der Waals surface area contributed by atoms with Crippen molar-refractivity contribution >= 4 is 11.8 Å². The number of nitrogens with zero attached hydrogens (tertiary/aromatic N) is 3. The summed E-state index contributed by atoms with van der Waals surface area (Å²) in [4.78, 5) is 15.3. The molecular formula is C27H30F3N5O. The lowest BCUT2D eigenvalue weighted by Crippen LogP contribution is -2.42. The lowest BCUT2D eigenvalue weighted by molar-refractivity contribution is -0.136. The van der Waals surface area contributed by atoms with Crippen LogP contribution in [-0.4, -0.2) is 52.6 Å². The number of carbonyl (C=O) groups excluding carboxylic acids is 1. The highest BCUT2D eigenvalue weighted by atomic mass is 19.4. The number of nitrogens with one attached hydrogen (secondary N) is 2. The minimum Gasteiger partial charge on any atom is -0.333 e. The molecule has 0 saturated carbocycles. The molecule has 2 unspecified atom stereocenters. The van der Waals surface area contributed by atoms with E-state index < -0.39 is 12.6 Å². The van der Waals surface area contributed by atoms with Gasteiger partial charge in [0.15, 0.2) is 0 Å². The first-order valence-corrected chi connectivity index (χ1v) is 12.4. The molecule has 2 N–H and O–H groups in total. The molecule has 1 fully saturated rings. The van der Waals surface area contributed by atoms with E-state index in [9.17, 15) is 18.0 Å². The second kappa shape index (κ2) is 10.3. The molecule has 9 heteroatoms. The number of benzene rings is 2. The van der Waals surface area contributed by atoms with Gasteiger partial charge < -0.3 is 10.2 Å². The van der Waals surface area contributed by atoms with Crippen LogP contribution in [0.1, 0.15) is 42.0 Å². The predicted molar refractivity (Wildman–Crippen MR) is 132 cm³/mol. The zero-order valence-electron chi connectivity index (χ0n) is 20.0. The average Bonchev–Trinajstić information content (AvgIpc) is 3.56. The highest BCUT2D eigenvalue weighted by Crippen LogP contribution is 2.32. The number of para-hydroxylation sites is 1. The van der Waals surface area contributed by atoms with Crippen LogP contribution in [-0.2, 0) is 12.8 Å². The quantitative estimate of drug-likeness (QED) is 0.466. The van der Waals surface area contributed by atoms with Crippen molar-refractivity contribution in [3.63, 3.8) is 0 Å². The Kier molecular flexibility index (Phi) is 7.00. The summed E-state index contributed by atoms with van der Waals surface area (Å²) in [6.45, 7) is 1.45. The molecule has 2 aliphatic rings. The summed E-state index contributed by atoms with van der Waals surface area (Å²) >= 11 is 0. The maximum atomic E-state index is 13.2. The monoisotopic (exact) mass is 497 g/mol. The van der Waals surface area contributed by atoms with Crippen LogP contribution in [0.25, 0.3) is 5.69 Å². The van der Waals surface area contributed by atoms with Crippen molar-refractivity contribution in [2.75, 3.05) is 25.0 Å². The van der Waals surface area contributed by atoms with Crippen molar-refractivity contribution in [1.29, 1.82) is 0 Å². The van der Waals surface area contributed by atoms with Crippen molar-refractivity contribution in [3.8, 4) is 5.69 Å². The van der Waals surface area contributed by atoms with Crippen LogP contribution in [0.2, 0.25) is 0 Å². The van der Waals surface area contributed by atoms with E-state index in [0.717, 1.165) is 41.8 Å². The third kappa shape index (κ3) is 5.56. The summed E-state index contributed by atoms with van der Waals surface area (Å²) in [7, 11) is 0. The highest BCUT2D eigenvalue weighted by Gasteiger charge is 2.36. The number of hydrogen-bond acceptors (Lipinski definition) is 3. The van der Waals surface area contributed by atoms with E-state index in [-0.39, 0.29) is 24.4 Å². The van der Waals surface area contributed by atoms with E-state index in [0.29, 0.717) is 25.5 Å². The SMILES string of the molecule is O=C(Nc1c2c(nn1-c1ccccc1)CCC2)NC1CN(CCCC(F)(F)F)CC1c1ccccc1. The lowest BCUT2D eigenvalue weighted by Gasteiger charge is -2.21. The number of anilines is 1. The smallest absolute Gasteiger partial charge is 0.333 e. The van der Waals surface area contributed by atoms with Crippen LogP contribution in [0.3, 0.4) is 0 Å². The number of aromatic nitrogens is 2. The molecule has 190 valence electrons. The molecule has 1 aliphatic carbocycles. The number of carbonyl (C=O) groups is 1. The number of fused-ring (bicyclic) bond motifs is 1. The second-order valence-corrected chi connectivity index (χ2v) is 9.58. The van der Waals surface area contributed by atoms with Gasteiger partial charge in [0.2, 0.25) is 0 Å². The molecule has 0 radical (unpaired) electrons. The van der Waals surface area contributed by atoms with Gasteiger partial charge in [-0.2, -0.15) is 18.3 Å². The normalized spacial score (nSPS) is 19.9. The average molecular weight is 498 g/mol. The molecule has 2 aromatic carbocycles. The molecule has 2 heterocycles. The molecule has 1 aliphatic heterocycles. The maximum Gasteiger partial charge on any atom is 0.389 e. The van der Waals surface area contributed by atoms with Crippen LogP contribution >= 0.6 is 0 Å². The summed E-state index contributed by atoms with van der Waals surface area (Å²) in [5.41, 5.74) is 4.01. The van der Waals surface area contributed by atoms with Gasteiger partial charge in [-0.15, -0.1) is 0 Å². The second-order valence-electron chi connectivity index (χ2n) is 9.58. The van der Waals surface area contributed by atoms with Crippen LogP contribution in [0.15, 0.2) is 60.7 Å². The summed E-state index contributed by atoms with van der Waals surface area (Å²) in [6, 6.07) is 19.0. The summed E-state index contributed by atoms with van der Waals surface area (Å²) in [5, 5.41) is 10.9. The molecule has 2 amide bonds. The van der Waals surface area contributed by atoms with Gasteiger partial charge in [0.25, 0.3) is 0 Å². The third-order valence-electron chi connectivity index (χ3n) is 7.01. The Morgan fingerprint density at radius 1 is 1.00 bits per heavy atom. The molecule has 0 bridgehead atoms. The Balaban J connectivity index is 1.31. The standard InChI is InChI=1S/C27H30F3N5O/c28-27(29,30)15-8-16-34-17-22(19-9-3-1-4-10-19)24(18-34)31-26(36)32-25-21-13-7-14-23(21)33-35(25)20-11-5-2-6-12-20/h1-6,9-12,22,24H,7-8,13-18H2,(H2,31,32,36). The molecule has 36 heavy (non-hydrogen) atoms. The highest BCUT2D eigenvalue weighted by molar-refractivity contribution is 5.90. The Hall–Kier alpha value is -3.33. The Morgan fingerprint density at radius 2 is 1.72 bits per heavy atom.